The van der Waals surface area contributed by atoms with E-state index in [1.807, 2.05) is 13.0 Å². The maximum Gasteiger partial charge on any atom is 0.441 e. The first-order valence-electron chi connectivity index (χ1n) is 3.47. The van der Waals surface area contributed by atoms with E-state index in [0.717, 1.165) is 11.1 Å². The van der Waals surface area contributed by atoms with Gasteiger partial charge in [-0.15, -0.1) is 0 Å². The summed E-state index contributed by atoms with van der Waals surface area (Å²) in [6.45, 7) is 3.61. The lowest BCUT2D eigenvalue weighted by atomic mass is 10.1. The van der Waals surface area contributed by atoms with Crippen molar-refractivity contribution in [2.75, 3.05) is 0 Å². The Balaban J connectivity index is 3.17. The Bertz CT molecular complexity index is 258. The van der Waals surface area contributed by atoms with Crippen molar-refractivity contribution < 1.29 is 8.22 Å². The second-order valence-corrected chi connectivity index (χ2v) is 3.81. The van der Waals surface area contributed by atoms with Crippen LogP contribution in [0, 0.1) is 13.8 Å². The average Bonchev–Trinajstić information content (AvgIpc) is 1.94. The van der Waals surface area contributed by atoms with E-state index in [1.165, 1.54) is 6.07 Å². The van der Waals surface area contributed by atoms with Gasteiger partial charge >= 0.3 is 9.46 Å². The van der Waals surface area contributed by atoms with Gasteiger partial charge < -0.3 is 0 Å². The van der Waals surface area contributed by atoms with Crippen molar-refractivity contribution >= 4 is 14.7 Å². The topological polar surface area (TPSA) is 0 Å². The molecule has 0 saturated carbocycles. The number of rotatable bonds is 1. The molecule has 0 amide bonds. The van der Waals surface area contributed by atoms with Crippen LogP contribution >= 0.6 is 0 Å². The fraction of sp³-hybridized carbons (Fsp3) is 0.250. The highest BCUT2D eigenvalue weighted by molar-refractivity contribution is 6.60. The Kier molecular flexibility index (Phi) is 2.39. The molecule has 1 rings (SSSR count). The molecule has 0 saturated heterocycles. The van der Waals surface area contributed by atoms with Crippen LogP contribution in [0.4, 0.5) is 8.22 Å². The SMILES string of the molecule is Cc1cccc([SiH](F)F)c1C. The van der Waals surface area contributed by atoms with Crippen LogP contribution in [-0.2, 0) is 0 Å². The van der Waals surface area contributed by atoms with Crippen molar-refractivity contribution in [2.45, 2.75) is 13.8 Å². The largest absolute Gasteiger partial charge is 0.441 e. The third-order valence-electron chi connectivity index (χ3n) is 1.88. The zero-order valence-electron chi connectivity index (χ0n) is 6.57. The van der Waals surface area contributed by atoms with E-state index in [2.05, 4.69) is 0 Å². The molecule has 0 heterocycles. The van der Waals surface area contributed by atoms with Gasteiger partial charge in [0.1, 0.15) is 0 Å². The van der Waals surface area contributed by atoms with Gasteiger partial charge in [-0.05, 0) is 25.0 Å². The van der Waals surface area contributed by atoms with Crippen LogP contribution in [0.5, 0.6) is 0 Å². The maximum absolute atomic E-state index is 12.3. The van der Waals surface area contributed by atoms with Crippen LogP contribution in [0.2, 0.25) is 0 Å². The van der Waals surface area contributed by atoms with Gasteiger partial charge in [-0.1, -0.05) is 18.2 Å². The van der Waals surface area contributed by atoms with Gasteiger partial charge in [0.2, 0.25) is 0 Å². The fourth-order valence-corrected chi connectivity index (χ4v) is 1.82. The van der Waals surface area contributed by atoms with E-state index in [0.29, 0.717) is 0 Å². The van der Waals surface area contributed by atoms with Crippen LogP contribution in [0.3, 0.4) is 0 Å². The molecule has 0 aliphatic heterocycles. The van der Waals surface area contributed by atoms with Crippen LogP contribution < -0.4 is 5.19 Å². The Hall–Kier alpha value is -0.703. The second kappa shape index (κ2) is 3.13. The molecule has 0 N–H and O–H groups in total. The second-order valence-electron chi connectivity index (χ2n) is 2.59. The minimum Gasteiger partial charge on any atom is -0.269 e. The number of benzene rings is 1. The third-order valence-corrected chi connectivity index (χ3v) is 2.98. The van der Waals surface area contributed by atoms with Gasteiger partial charge in [-0.25, -0.2) is 0 Å². The summed E-state index contributed by atoms with van der Waals surface area (Å²) in [5.41, 5.74) is 1.71. The molecule has 0 spiro atoms. The summed E-state index contributed by atoms with van der Waals surface area (Å²) in [5.74, 6) is 0. The van der Waals surface area contributed by atoms with Crippen LogP contribution in [0.1, 0.15) is 11.1 Å². The lowest BCUT2D eigenvalue weighted by Gasteiger charge is -2.04. The highest BCUT2D eigenvalue weighted by Gasteiger charge is 2.14. The molecule has 0 bridgehead atoms. The molecule has 0 radical (unpaired) electrons. The normalized spacial score (nSPS) is 10.6. The number of halogens is 2. The predicted octanol–water partition coefficient (Wildman–Crippen LogP) is 1.67. The highest BCUT2D eigenvalue weighted by atomic mass is 28.4. The van der Waals surface area contributed by atoms with Crippen molar-refractivity contribution in [3.63, 3.8) is 0 Å². The lowest BCUT2D eigenvalue weighted by molar-refractivity contribution is 0.684. The van der Waals surface area contributed by atoms with Crippen LogP contribution in [0.15, 0.2) is 18.2 Å². The molecule has 0 unspecified atom stereocenters. The first-order valence-corrected chi connectivity index (χ1v) is 4.92. The van der Waals surface area contributed by atoms with Gasteiger partial charge in [0.25, 0.3) is 0 Å². The van der Waals surface area contributed by atoms with Gasteiger partial charge in [0, 0.05) is 5.19 Å². The van der Waals surface area contributed by atoms with Gasteiger partial charge in [0.15, 0.2) is 0 Å². The molecule has 0 aliphatic carbocycles. The molecule has 0 fully saturated rings. The first-order chi connectivity index (χ1) is 5.13. The summed E-state index contributed by atoms with van der Waals surface area (Å²) in [7, 11) is -3.60. The Morgan fingerprint density at radius 1 is 1.18 bits per heavy atom. The highest BCUT2D eigenvalue weighted by Crippen LogP contribution is 2.04. The molecule has 1 aromatic carbocycles. The minimum atomic E-state index is -3.60. The van der Waals surface area contributed by atoms with Gasteiger partial charge in [-0.3, -0.25) is 8.22 Å². The molecule has 3 heteroatoms. The van der Waals surface area contributed by atoms with Crippen molar-refractivity contribution in [1.29, 1.82) is 0 Å². The number of aryl methyl sites for hydroxylation is 1. The monoisotopic (exact) mass is 172 g/mol. The van der Waals surface area contributed by atoms with Crippen molar-refractivity contribution in [3.05, 3.63) is 29.3 Å². The van der Waals surface area contributed by atoms with Crippen molar-refractivity contribution in [2.24, 2.45) is 0 Å². The van der Waals surface area contributed by atoms with Crippen molar-refractivity contribution in [1.82, 2.24) is 0 Å². The van der Waals surface area contributed by atoms with E-state index in [1.54, 1.807) is 13.0 Å². The molecule has 0 atom stereocenters. The zero-order chi connectivity index (χ0) is 8.43. The van der Waals surface area contributed by atoms with E-state index in [9.17, 15) is 8.22 Å². The summed E-state index contributed by atoms with van der Waals surface area (Å²) >= 11 is 0. The quantitative estimate of drug-likeness (QED) is 0.446. The molecule has 1 aromatic rings. The van der Waals surface area contributed by atoms with Crippen molar-refractivity contribution in [3.8, 4) is 0 Å². The fourth-order valence-electron chi connectivity index (χ4n) is 1.01. The minimum absolute atomic E-state index is 0.282. The van der Waals surface area contributed by atoms with E-state index >= 15 is 0 Å². The molecule has 11 heavy (non-hydrogen) atoms. The summed E-state index contributed by atoms with van der Waals surface area (Å²) in [4.78, 5) is 0. The Labute approximate surface area is 66.8 Å². The standard InChI is InChI=1S/C8H10F2Si/c1-6-4-3-5-8(7(6)2)11(9)10/h3-5,11H,1-2H3. The summed E-state index contributed by atoms with van der Waals surface area (Å²) < 4.78 is 24.7. The van der Waals surface area contributed by atoms with Gasteiger partial charge in [0.05, 0.1) is 0 Å². The summed E-state index contributed by atoms with van der Waals surface area (Å²) in [5, 5.41) is 0.282. The average molecular weight is 172 g/mol. The first kappa shape index (κ1) is 8.39. The molecule has 0 aliphatic rings. The summed E-state index contributed by atoms with van der Waals surface area (Å²) in [6.07, 6.45) is 0. The van der Waals surface area contributed by atoms with E-state index < -0.39 is 9.46 Å². The third kappa shape index (κ3) is 1.65. The predicted molar refractivity (Wildman–Crippen MR) is 44.9 cm³/mol. The Morgan fingerprint density at radius 2 is 1.82 bits per heavy atom. The van der Waals surface area contributed by atoms with E-state index in [-0.39, 0.29) is 5.19 Å². The van der Waals surface area contributed by atoms with Crippen LogP contribution in [-0.4, -0.2) is 9.46 Å². The molecule has 0 aromatic heterocycles. The smallest absolute Gasteiger partial charge is 0.269 e. The van der Waals surface area contributed by atoms with E-state index in [4.69, 9.17) is 0 Å². The number of hydrogen-bond acceptors (Lipinski definition) is 0. The molecular weight excluding hydrogens is 162 g/mol. The molecule has 0 nitrogen and oxygen atoms in total. The molecular formula is C8H10F2Si. The molecule has 60 valence electrons. The lowest BCUT2D eigenvalue weighted by Crippen LogP contribution is -2.23. The maximum atomic E-state index is 12.3. The summed E-state index contributed by atoms with van der Waals surface area (Å²) in [6, 6.07) is 5.08. The van der Waals surface area contributed by atoms with Crippen LogP contribution in [0.25, 0.3) is 0 Å². The Morgan fingerprint density at radius 3 is 2.27 bits per heavy atom. The zero-order valence-corrected chi connectivity index (χ0v) is 7.72. The number of hydrogen-bond donors (Lipinski definition) is 0. The van der Waals surface area contributed by atoms with Gasteiger partial charge in [-0.2, -0.15) is 0 Å².